The van der Waals surface area contributed by atoms with E-state index in [9.17, 15) is 8.42 Å². The van der Waals surface area contributed by atoms with Crippen LogP contribution in [0.5, 0.6) is 0 Å². The molecule has 0 atom stereocenters. The first-order valence-corrected chi connectivity index (χ1v) is 12.3. The number of benzene rings is 1. The van der Waals surface area contributed by atoms with Crippen LogP contribution in [0.4, 0.5) is 0 Å². The summed E-state index contributed by atoms with van der Waals surface area (Å²) in [4.78, 5) is 10.3. The smallest absolute Gasteiger partial charge is 0.243 e. The van der Waals surface area contributed by atoms with Crippen molar-refractivity contribution in [1.82, 2.24) is 19.9 Å². The normalized spacial score (nSPS) is 16.0. The second-order valence-electron chi connectivity index (χ2n) is 6.96. The monoisotopic (exact) mass is 435 g/mol. The molecule has 0 saturated carbocycles. The highest BCUT2D eigenvalue weighted by atomic mass is 32.2. The first-order chi connectivity index (χ1) is 14.0. The molecule has 7 nitrogen and oxygen atoms in total. The van der Waals surface area contributed by atoms with E-state index in [4.69, 9.17) is 0 Å². The summed E-state index contributed by atoms with van der Waals surface area (Å²) in [6.45, 7) is 4.53. The molecule has 0 bridgehead atoms. The van der Waals surface area contributed by atoms with Crippen LogP contribution in [0.25, 0.3) is 0 Å². The van der Waals surface area contributed by atoms with Gasteiger partial charge in [0.2, 0.25) is 10.0 Å². The molecule has 0 unspecified atom stereocenters. The largest absolute Gasteiger partial charge is 0.352 e. The van der Waals surface area contributed by atoms with E-state index >= 15 is 0 Å². The van der Waals surface area contributed by atoms with Crippen LogP contribution in [0.2, 0.25) is 0 Å². The van der Waals surface area contributed by atoms with E-state index < -0.39 is 10.0 Å². The molecule has 29 heavy (non-hydrogen) atoms. The molecule has 1 aliphatic heterocycles. The van der Waals surface area contributed by atoms with Gasteiger partial charge in [-0.3, -0.25) is 4.99 Å². The standard InChI is InChI=1S/C20H29N5O2S2/c1-3-17-14-22-19(28-17)15-24-20(21-2)23-13-16-7-9-18(10-8-16)29(26,27)25-11-5-4-6-12-25/h7-10,14H,3-6,11-13,15H2,1-2H3,(H2,21,23,24). The van der Waals surface area contributed by atoms with Crippen LogP contribution in [0.3, 0.4) is 0 Å². The van der Waals surface area contributed by atoms with E-state index in [-0.39, 0.29) is 0 Å². The summed E-state index contributed by atoms with van der Waals surface area (Å²) in [6, 6.07) is 7.09. The van der Waals surface area contributed by atoms with E-state index in [0.717, 1.165) is 36.3 Å². The van der Waals surface area contributed by atoms with E-state index in [2.05, 4.69) is 27.5 Å². The molecule has 2 heterocycles. The fourth-order valence-corrected chi connectivity index (χ4v) is 5.51. The summed E-state index contributed by atoms with van der Waals surface area (Å²) in [5.41, 5.74) is 0.994. The molecule has 1 aromatic heterocycles. The third-order valence-corrected chi connectivity index (χ3v) is 7.97. The van der Waals surface area contributed by atoms with Crippen LogP contribution < -0.4 is 10.6 Å². The lowest BCUT2D eigenvalue weighted by Crippen LogP contribution is -2.36. The predicted octanol–water partition coefficient (Wildman–Crippen LogP) is 2.75. The zero-order valence-corrected chi connectivity index (χ0v) is 18.7. The lowest BCUT2D eigenvalue weighted by Gasteiger charge is -2.25. The van der Waals surface area contributed by atoms with Gasteiger partial charge in [0.05, 0.1) is 11.4 Å². The zero-order valence-electron chi connectivity index (χ0n) is 17.0. The molecule has 0 radical (unpaired) electrons. The summed E-state index contributed by atoms with van der Waals surface area (Å²) < 4.78 is 27.1. The summed E-state index contributed by atoms with van der Waals surface area (Å²) in [5.74, 6) is 0.684. The average Bonchev–Trinajstić information content (AvgIpc) is 3.23. The lowest BCUT2D eigenvalue weighted by molar-refractivity contribution is 0.346. The Bertz CT molecular complexity index is 917. The number of aryl methyl sites for hydroxylation is 1. The summed E-state index contributed by atoms with van der Waals surface area (Å²) in [5, 5.41) is 7.54. The van der Waals surface area contributed by atoms with Crippen LogP contribution in [-0.4, -0.2) is 43.8 Å². The van der Waals surface area contributed by atoms with E-state index in [0.29, 0.717) is 37.0 Å². The Morgan fingerprint density at radius 3 is 2.45 bits per heavy atom. The van der Waals surface area contributed by atoms with Crippen molar-refractivity contribution in [3.8, 4) is 0 Å². The molecule has 0 spiro atoms. The van der Waals surface area contributed by atoms with Crippen LogP contribution >= 0.6 is 11.3 Å². The number of thiazole rings is 1. The molecular formula is C20H29N5O2S2. The van der Waals surface area contributed by atoms with Crippen molar-refractivity contribution >= 4 is 27.3 Å². The Morgan fingerprint density at radius 1 is 1.14 bits per heavy atom. The van der Waals surface area contributed by atoms with E-state index in [1.54, 1.807) is 34.8 Å². The number of rotatable bonds is 7. The molecule has 0 aliphatic carbocycles. The van der Waals surface area contributed by atoms with Crippen molar-refractivity contribution in [3.05, 3.63) is 45.9 Å². The summed E-state index contributed by atoms with van der Waals surface area (Å²) in [6.07, 6.45) is 5.89. The number of piperidine rings is 1. The predicted molar refractivity (Wildman–Crippen MR) is 118 cm³/mol. The van der Waals surface area contributed by atoms with Gasteiger partial charge >= 0.3 is 0 Å². The number of aliphatic imine (C=N–C) groups is 1. The van der Waals surface area contributed by atoms with Gasteiger partial charge < -0.3 is 10.6 Å². The topological polar surface area (TPSA) is 86.7 Å². The minimum Gasteiger partial charge on any atom is -0.352 e. The molecule has 1 aliphatic rings. The van der Waals surface area contributed by atoms with Crippen LogP contribution in [-0.2, 0) is 29.5 Å². The quantitative estimate of drug-likeness (QED) is 0.516. The number of sulfonamides is 1. The third kappa shape index (κ3) is 5.77. The minimum atomic E-state index is -3.38. The summed E-state index contributed by atoms with van der Waals surface area (Å²) >= 11 is 1.70. The summed E-state index contributed by atoms with van der Waals surface area (Å²) in [7, 11) is -1.66. The SMILES string of the molecule is CCc1cnc(CNC(=NC)NCc2ccc(S(=O)(=O)N3CCCCC3)cc2)s1. The number of hydrogen-bond donors (Lipinski definition) is 2. The second-order valence-corrected chi connectivity index (χ2v) is 10.1. The maximum absolute atomic E-state index is 12.7. The van der Waals surface area contributed by atoms with Crippen molar-refractivity contribution in [2.24, 2.45) is 4.99 Å². The van der Waals surface area contributed by atoms with Crippen LogP contribution in [0, 0.1) is 0 Å². The van der Waals surface area contributed by atoms with Gasteiger partial charge in [-0.1, -0.05) is 25.5 Å². The van der Waals surface area contributed by atoms with Gasteiger partial charge in [-0.15, -0.1) is 11.3 Å². The molecule has 9 heteroatoms. The number of nitrogens with zero attached hydrogens (tertiary/aromatic N) is 3. The first kappa shape index (κ1) is 21.7. The molecule has 0 amide bonds. The molecule has 1 saturated heterocycles. The molecule has 1 fully saturated rings. The second kappa shape index (κ2) is 10.2. The molecular weight excluding hydrogens is 406 g/mol. The maximum atomic E-state index is 12.7. The van der Waals surface area contributed by atoms with E-state index in [1.165, 1.54) is 4.88 Å². The highest BCUT2D eigenvalue weighted by Crippen LogP contribution is 2.20. The van der Waals surface area contributed by atoms with Crippen molar-refractivity contribution in [3.63, 3.8) is 0 Å². The highest BCUT2D eigenvalue weighted by Gasteiger charge is 2.25. The molecule has 1 aromatic carbocycles. The third-order valence-electron chi connectivity index (χ3n) is 4.92. The zero-order chi connectivity index (χ0) is 20.7. The van der Waals surface area contributed by atoms with Gasteiger partial charge in [0.15, 0.2) is 5.96 Å². The Balaban J connectivity index is 1.53. The number of nitrogens with one attached hydrogen (secondary N) is 2. The van der Waals surface area contributed by atoms with Crippen molar-refractivity contribution in [2.45, 2.75) is 50.6 Å². The van der Waals surface area contributed by atoms with Gasteiger partial charge in [-0.2, -0.15) is 4.31 Å². The Kier molecular flexibility index (Phi) is 7.63. The van der Waals surface area contributed by atoms with Gasteiger partial charge in [0, 0.05) is 37.8 Å². The molecule has 2 N–H and O–H groups in total. The van der Waals surface area contributed by atoms with Crippen LogP contribution in [0.1, 0.15) is 41.6 Å². The van der Waals surface area contributed by atoms with Gasteiger partial charge in [0.25, 0.3) is 0 Å². The molecule has 3 rings (SSSR count). The number of guanidine groups is 1. The fraction of sp³-hybridized carbons (Fsp3) is 0.500. The van der Waals surface area contributed by atoms with Gasteiger partial charge in [-0.05, 0) is 37.0 Å². The Labute approximate surface area is 177 Å². The Hall–Kier alpha value is -1.97. The lowest BCUT2D eigenvalue weighted by atomic mass is 10.2. The van der Waals surface area contributed by atoms with E-state index in [1.807, 2.05) is 18.3 Å². The number of hydrogen-bond acceptors (Lipinski definition) is 5. The van der Waals surface area contributed by atoms with Gasteiger partial charge in [0.1, 0.15) is 5.01 Å². The fourth-order valence-electron chi connectivity index (χ4n) is 3.19. The molecule has 158 valence electrons. The van der Waals surface area contributed by atoms with Crippen LogP contribution in [0.15, 0.2) is 40.4 Å². The number of aromatic nitrogens is 1. The van der Waals surface area contributed by atoms with Crippen molar-refractivity contribution in [1.29, 1.82) is 0 Å². The van der Waals surface area contributed by atoms with Gasteiger partial charge in [-0.25, -0.2) is 13.4 Å². The average molecular weight is 436 g/mol. The first-order valence-electron chi connectivity index (χ1n) is 10.00. The molecule has 2 aromatic rings. The van der Waals surface area contributed by atoms with Crippen molar-refractivity contribution < 1.29 is 8.42 Å². The Morgan fingerprint density at radius 2 is 1.83 bits per heavy atom. The maximum Gasteiger partial charge on any atom is 0.243 e. The highest BCUT2D eigenvalue weighted by molar-refractivity contribution is 7.89. The van der Waals surface area contributed by atoms with Crippen molar-refractivity contribution in [2.75, 3.05) is 20.1 Å². The minimum absolute atomic E-state index is 0.362.